The standard InChI is InChI=1S/C67H114O6/c1-4-7-10-13-16-19-22-25-27-29-30-31-32-33-34-35-36-38-39-42-45-48-51-54-57-60-66(69)72-63-64(62-71-65(68)59-56-53-50-47-44-41-24-21-18-15-12-9-6-3)73-67(70)61-58-55-52-49-46-43-40-37-28-26-23-20-17-14-11-8-5-2/h7,10,16,19,21,24-28,30-31,33-34,36,38,64H,4-6,8-9,11-15,17-18,20,22-23,29,32,35,37,39-63H2,1-3H3/b10-7-,19-16-,24-21-,27-25-,28-26-,31-30-,34-33-,38-36-. The highest BCUT2D eigenvalue weighted by Gasteiger charge is 2.19. The fourth-order valence-electron chi connectivity index (χ4n) is 8.44. The second kappa shape index (κ2) is 60.9. The minimum Gasteiger partial charge on any atom is -0.462 e. The summed E-state index contributed by atoms with van der Waals surface area (Å²) in [6, 6.07) is 0. The molecule has 1 atom stereocenters. The summed E-state index contributed by atoms with van der Waals surface area (Å²) in [6.45, 7) is 6.50. The molecule has 0 aromatic rings. The largest absolute Gasteiger partial charge is 0.462 e. The van der Waals surface area contributed by atoms with Crippen molar-refractivity contribution >= 4 is 17.9 Å². The number of carbonyl (C=O) groups is 3. The smallest absolute Gasteiger partial charge is 0.306 e. The molecule has 0 aliphatic rings. The first-order chi connectivity index (χ1) is 36.0. The molecule has 0 spiro atoms. The zero-order valence-corrected chi connectivity index (χ0v) is 47.9. The molecule has 73 heavy (non-hydrogen) atoms. The maximum atomic E-state index is 12.9. The number of rotatable bonds is 55. The van der Waals surface area contributed by atoms with Gasteiger partial charge in [-0.25, -0.2) is 0 Å². The number of hydrogen-bond donors (Lipinski definition) is 0. The number of esters is 3. The van der Waals surface area contributed by atoms with Crippen LogP contribution in [0.5, 0.6) is 0 Å². The first-order valence-corrected chi connectivity index (χ1v) is 30.7. The molecule has 0 heterocycles. The Bertz CT molecular complexity index is 1440. The minimum absolute atomic E-state index is 0.0879. The minimum atomic E-state index is -0.791. The molecule has 0 fully saturated rings. The summed E-state index contributed by atoms with van der Waals surface area (Å²) < 4.78 is 16.9. The van der Waals surface area contributed by atoms with E-state index in [1.807, 2.05) is 0 Å². The van der Waals surface area contributed by atoms with Gasteiger partial charge in [0.2, 0.25) is 0 Å². The van der Waals surface area contributed by atoms with Gasteiger partial charge in [0.15, 0.2) is 6.10 Å². The molecule has 0 amide bonds. The molecule has 0 aromatic carbocycles. The number of carbonyl (C=O) groups excluding carboxylic acids is 3. The Kier molecular flexibility index (Phi) is 57.8. The zero-order chi connectivity index (χ0) is 52.9. The Labute approximate surface area is 451 Å². The van der Waals surface area contributed by atoms with Crippen LogP contribution in [0.15, 0.2) is 97.2 Å². The van der Waals surface area contributed by atoms with E-state index in [1.54, 1.807) is 0 Å². The van der Waals surface area contributed by atoms with Gasteiger partial charge >= 0.3 is 17.9 Å². The SMILES string of the molecule is CC/C=C\C/C=C\C/C=C\C/C=C\C/C=C\C/C=C\CCCCCCCCC(=O)OCC(COC(=O)CCCCCCC/C=C\CCCCCC)OC(=O)CCCCCCCCC/C=C\CCCCCCCC. The second-order valence-electron chi connectivity index (χ2n) is 20.2. The van der Waals surface area contributed by atoms with E-state index in [9.17, 15) is 14.4 Å². The van der Waals surface area contributed by atoms with Crippen LogP contribution in [0.25, 0.3) is 0 Å². The Morgan fingerprint density at radius 1 is 0.288 bits per heavy atom. The van der Waals surface area contributed by atoms with E-state index in [0.29, 0.717) is 19.3 Å². The van der Waals surface area contributed by atoms with Gasteiger partial charge in [-0.15, -0.1) is 0 Å². The van der Waals surface area contributed by atoms with Crippen molar-refractivity contribution in [3.63, 3.8) is 0 Å². The number of ether oxygens (including phenoxy) is 3. The number of allylic oxidation sites excluding steroid dienone is 16. The lowest BCUT2D eigenvalue weighted by Crippen LogP contribution is -2.30. The maximum absolute atomic E-state index is 12.9. The Hall–Kier alpha value is -3.67. The van der Waals surface area contributed by atoms with Gasteiger partial charge in [0.05, 0.1) is 0 Å². The topological polar surface area (TPSA) is 78.9 Å². The summed E-state index contributed by atoms with van der Waals surface area (Å²) in [6.07, 6.45) is 81.1. The van der Waals surface area contributed by atoms with E-state index in [1.165, 1.54) is 135 Å². The van der Waals surface area contributed by atoms with Gasteiger partial charge in [-0.1, -0.05) is 246 Å². The fourth-order valence-corrected chi connectivity index (χ4v) is 8.44. The monoisotopic (exact) mass is 1010 g/mol. The molecule has 0 rings (SSSR count). The highest BCUT2D eigenvalue weighted by Crippen LogP contribution is 2.15. The van der Waals surface area contributed by atoms with E-state index in [-0.39, 0.29) is 31.1 Å². The van der Waals surface area contributed by atoms with Crippen LogP contribution in [0, 0.1) is 0 Å². The summed E-state index contributed by atoms with van der Waals surface area (Å²) in [5, 5.41) is 0. The molecular weight excluding hydrogens is 901 g/mol. The summed E-state index contributed by atoms with van der Waals surface area (Å²) in [5.74, 6) is -0.909. The lowest BCUT2D eigenvalue weighted by molar-refractivity contribution is -0.167. The highest BCUT2D eigenvalue weighted by atomic mass is 16.6. The predicted molar refractivity (Wildman–Crippen MR) is 316 cm³/mol. The third-order valence-electron chi connectivity index (χ3n) is 13.0. The molecule has 0 N–H and O–H groups in total. The molecule has 0 aliphatic heterocycles. The van der Waals surface area contributed by atoms with Crippen LogP contribution < -0.4 is 0 Å². The first kappa shape index (κ1) is 69.3. The van der Waals surface area contributed by atoms with Gasteiger partial charge < -0.3 is 14.2 Å². The zero-order valence-electron chi connectivity index (χ0n) is 47.9. The van der Waals surface area contributed by atoms with Gasteiger partial charge in [-0.05, 0) is 122 Å². The average molecular weight is 1020 g/mol. The van der Waals surface area contributed by atoms with Crippen LogP contribution in [0.2, 0.25) is 0 Å². The molecular formula is C67H114O6. The fraction of sp³-hybridized carbons (Fsp3) is 0.716. The van der Waals surface area contributed by atoms with E-state index in [4.69, 9.17) is 14.2 Å². The molecule has 6 heteroatoms. The third-order valence-corrected chi connectivity index (χ3v) is 13.0. The lowest BCUT2D eigenvalue weighted by Gasteiger charge is -2.18. The van der Waals surface area contributed by atoms with Gasteiger partial charge in [0.1, 0.15) is 13.2 Å². The molecule has 0 saturated carbocycles. The van der Waals surface area contributed by atoms with Crippen molar-refractivity contribution in [3.05, 3.63) is 97.2 Å². The van der Waals surface area contributed by atoms with Crippen LogP contribution in [-0.2, 0) is 28.6 Å². The first-order valence-electron chi connectivity index (χ1n) is 30.7. The normalized spacial score (nSPS) is 12.8. The molecule has 6 nitrogen and oxygen atoms in total. The molecule has 0 bridgehead atoms. The van der Waals surface area contributed by atoms with Gasteiger partial charge in [-0.3, -0.25) is 14.4 Å². The summed E-state index contributed by atoms with van der Waals surface area (Å²) in [4.78, 5) is 38.2. The van der Waals surface area contributed by atoms with Gasteiger partial charge in [-0.2, -0.15) is 0 Å². The molecule has 418 valence electrons. The van der Waals surface area contributed by atoms with Crippen molar-refractivity contribution in [2.24, 2.45) is 0 Å². The van der Waals surface area contributed by atoms with Crippen LogP contribution >= 0.6 is 0 Å². The molecule has 1 unspecified atom stereocenters. The Morgan fingerprint density at radius 3 is 0.863 bits per heavy atom. The summed E-state index contributed by atoms with van der Waals surface area (Å²) in [5.41, 5.74) is 0. The molecule has 0 aliphatic carbocycles. The van der Waals surface area contributed by atoms with Gasteiger partial charge in [0, 0.05) is 19.3 Å². The number of hydrogen-bond acceptors (Lipinski definition) is 6. The Morgan fingerprint density at radius 2 is 0.534 bits per heavy atom. The van der Waals surface area contributed by atoms with Gasteiger partial charge in [0.25, 0.3) is 0 Å². The van der Waals surface area contributed by atoms with Crippen LogP contribution in [0.3, 0.4) is 0 Å². The van der Waals surface area contributed by atoms with Crippen molar-refractivity contribution in [2.45, 2.75) is 297 Å². The van der Waals surface area contributed by atoms with E-state index in [2.05, 4.69) is 118 Å². The Balaban J connectivity index is 4.38. The average Bonchev–Trinajstić information content (AvgIpc) is 3.39. The maximum Gasteiger partial charge on any atom is 0.306 e. The quantitative estimate of drug-likeness (QED) is 0.0261. The molecule has 0 aromatic heterocycles. The van der Waals surface area contributed by atoms with E-state index in [0.717, 1.165) is 116 Å². The van der Waals surface area contributed by atoms with E-state index < -0.39 is 6.10 Å². The highest BCUT2D eigenvalue weighted by molar-refractivity contribution is 5.71. The summed E-state index contributed by atoms with van der Waals surface area (Å²) >= 11 is 0. The lowest BCUT2D eigenvalue weighted by atomic mass is 10.1. The van der Waals surface area contributed by atoms with Crippen molar-refractivity contribution in [1.82, 2.24) is 0 Å². The van der Waals surface area contributed by atoms with Crippen molar-refractivity contribution < 1.29 is 28.6 Å². The summed E-state index contributed by atoms with van der Waals surface area (Å²) in [7, 11) is 0. The van der Waals surface area contributed by atoms with Crippen LogP contribution in [0.1, 0.15) is 290 Å². The van der Waals surface area contributed by atoms with Crippen LogP contribution in [0.4, 0.5) is 0 Å². The third kappa shape index (κ3) is 59.1. The van der Waals surface area contributed by atoms with Crippen molar-refractivity contribution in [3.8, 4) is 0 Å². The van der Waals surface area contributed by atoms with E-state index >= 15 is 0 Å². The predicted octanol–water partition coefficient (Wildman–Crippen LogP) is 20.9. The van der Waals surface area contributed by atoms with Crippen LogP contribution in [-0.4, -0.2) is 37.2 Å². The number of unbranched alkanes of at least 4 members (excludes halogenated alkanes) is 28. The van der Waals surface area contributed by atoms with Crippen molar-refractivity contribution in [1.29, 1.82) is 0 Å². The molecule has 0 saturated heterocycles. The molecule has 0 radical (unpaired) electrons. The van der Waals surface area contributed by atoms with Crippen molar-refractivity contribution in [2.75, 3.05) is 13.2 Å². The second-order valence-corrected chi connectivity index (χ2v) is 20.2.